The highest BCUT2D eigenvalue weighted by Crippen LogP contribution is 2.52. The smallest absolute Gasteiger partial charge is 0.261 e. The molecule has 2 aromatic heterocycles. The van der Waals surface area contributed by atoms with Crippen molar-refractivity contribution >= 4 is 34.2 Å². The van der Waals surface area contributed by atoms with Gasteiger partial charge in [0.1, 0.15) is 5.52 Å². The second-order valence-electron chi connectivity index (χ2n) is 13.5. The Bertz CT molecular complexity index is 1590. The number of anilines is 1. The lowest BCUT2D eigenvalue weighted by atomic mass is 9.73. The maximum atomic E-state index is 14.5. The first-order valence-electron chi connectivity index (χ1n) is 15.6. The van der Waals surface area contributed by atoms with Crippen LogP contribution in [0.25, 0.3) is 22.3 Å². The third kappa shape index (κ3) is 4.35. The van der Waals surface area contributed by atoms with Gasteiger partial charge in [-0.3, -0.25) is 14.6 Å². The van der Waals surface area contributed by atoms with E-state index in [1.165, 1.54) is 0 Å². The molecule has 3 saturated heterocycles. The van der Waals surface area contributed by atoms with Gasteiger partial charge in [0.15, 0.2) is 5.15 Å². The first kappa shape index (κ1) is 27.9. The van der Waals surface area contributed by atoms with Gasteiger partial charge in [-0.2, -0.15) is 0 Å². The number of likely N-dealkylation sites (tertiary alicyclic amines) is 2. The molecule has 1 amide bonds. The van der Waals surface area contributed by atoms with Crippen molar-refractivity contribution in [3.63, 3.8) is 0 Å². The molecule has 8 rings (SSSR count). The van der Waals surface area contributed by atoms with Crippen molar-refractivity contribution in [1.82, 2.24) is 24.3 Å². The molecule has 1 saturated carbocycles. The molecule has 0 atom stereocenters. The number of halogens is 3. The van der Waals surface area contributed by atoms with E-state index < -0.39 is 11.3 Å². The predicted molar refractivity (Wildman–Crippen MR) is 161 cm³/mol. The first-order valence-corrected chi connectivity index (χ1v) is 16.0. The number of amides is 1. The summed E-state index contributed by atoms with van der Waals surface area (Å²) in [5.74, 6) is -2.45. The van der Waals surface area contributed by atoms with Crippen LogP contribution in [0, 0.1) is 0 Å². The van der Waals surface area contributed by atoms with Gasteiger partial charge in [0.05, 0.1) is 48.8 Å². The molecule has 11 heteroatoms. The van der Waals surface area contributed by atoms with E-state index in [9.17, 15) is 13.6 Å². The highest BCUT2D eigenvalue weighted by atomic mass is 35.5. The lowest BCUT2D eigenvalue weighted by Crippen LogP contribution is -2.59. The number of benzene rings is 1. The predicted octanol–water partition coefficient (Wildman–Crippen LogP) is 5.28. The van der Waals surface area contributed by atoms with Crippen LogP contribution in [0.4, 0.5) is 14.5 Å². The lowest BCUT2D eigenvalue weighted by Gasteiger charge is -2.47. The van der Waals surface area contributed by atoms with Crippen LogP contribution in [0.3, 0.4) is 0 Å². The van der Waals surface area contributed by atoms with E-state index in [-0.39, 0.29) is 37.0 Å². The zero-order valence-corrected chi connectivity index (χ0v) is 25.4. The topological polar surface area (TPSA) is 66.7 Å². The van der Waals surface area contributed by atoms with Gasteiger partial charge in [-0.1, -0.05) is 23.7 Å². The average Bonchev–Trinajstić information content (AvgIpc) is 3.58. The molecule has 5 aliphatic rings. The van der Waals surface area contributed by atoms with Gasteiger partial charge in [-0.05, 0) is 70.3 Å². The minimum Gasteiger partial charge on any atom is -0.378 e. The second-order valence-corrected chi connectivity index (χ2v) is 13.8. The molecule has 8 nitrogen and oxygen atoms in total. The Balaban J connectivity index is 1.14. The highest BCUT2D eigenvalue weighted by molar-refractivity contribution is 6.34. The van der Waals surface area contributed by atoms with Crippen LogP contribution in [0.5, 0.6) is 0 Å². The number of alkyl halides is 2. The zero-order valence-electron chi connectivity index (χ0n) is 24.6. The van der Waals surface area contributed by atoms with Crippen LogP contribution in [-0.4, -0.2) is 93.7 Å². The number of ether oxygens (including phenoxy) is 1. The van der Waals surface area contributed by atoms with E-state index in [0.29, 0.717) is 23.4 Å². The normalized spacial score (nSPS) is 27.3. The van der Waals surface area contributed by atoms with Gasteiger partial charge in [0, 0.05) is 42.3 Å². The van der Waals surface area contributed by atoms with Crippen molar-refractivity contribution in [2.75, 3.05) is 44.3 Å². The fourth-order valence-corrected chi connectivity index (χ4v) is 8.28. The molecular formula is C32H37ClF2N6O2. The van der Waals surface area contributed by atoms with Crippen molar-refractivity contribution in [3.05, 3.63) is 41.3 Å². The van der Waals surface area contributed by atoms with Crippen molar-refractivity contribution < 1.29 is 18.3 Å². The largest absolute Gasteiger partial charge is 0.378 e. The van der Waals surface area contributed by atoms with Crippen molar-refractivity contribution in [1.29, 1.82) is 0 Å². The van der Waals surface area contributed by atoms with Gasteiger partial charge >= 0.3 is 0 Å². The van der Waals surface area contributed by atoms with Gasteiger partial charge in [-0.15, -0.1) is 0 Å². The van der Waals surface area contributed by atoms with E-state index in [1.54, 1.807) is 6.33 Å². The average molecular weight is 611 g/mol. The Morgan fingerprint density at radius 1 is 1.00 bits per heavy atom. The van der Waals surface area contributed by atoms with Crippen LogP contribution in [0.1, 0.15) is 57.6 Å². The molecule has 0 radical (unpaired) electrons. The number of hydrogen-bond acceptors (Lipinski definition) is 6. The van der Waals surface area contributed by atoms with Crippen molar-refractivity contribution in [2.24, 2.45) is 0 Å². The number of aromatic nitrogens is 3. The van der Waals surface area contributed by atoms with Gasteiger partial charge < -0.3 is 14.2 Å². The third-order valence-corrected chi connectivity index (χ3v) is 11.0. The Labute approximate surface area is 254 Å². The van der Waals surface area contributed by atoms with E-state index >= 15 is 0 Å². The van der Waals surface area contributed by atoms with Crippen LogP contribution < -0.4 is 4.90 Å². The van der Waals surface area contributed by atoms with E-state index in [1.807, 2.05) is 20.4 Å². The summed E-state index contributed by atoms with van der Waals surface area (Å²) in [5, 5.41) is 0.403. The van der Waals surface area contributed by atoms with Gasteiger partial charge in [0.2, 0.25) is 5.91 Å². The summed E-state index contributed by atoms with van der Waals surface area (Å²) in [5.41, 5.74) is 4.65. The zero-order chi connectivity index (χ0) is 29.7. The minimum absolute atomic E-state index is 0.000994. The number of imidazole rings is 1. The van der Waals surface area contributed by atoms with Crippen LogP contribution >= 0.6 is 11.6 Å². The minimum atomic E-state index is -2.61. The Morgan fingerprint density at radius 2 is 1.74 bits per heavy atom. The number of carbonyl (C=O) groups is 1. The molecule has 1 aliphatic carbocycles. The Morgan fingerprint density at radius 3 is 2.40 bits per heavy atom. The summed E-state index contributed by atoms with van der Waals surface area (Å²) < 4.78 is 35.4. The lowest BCUT2D eigenvalue weighted by molar-refractivity contribution is -0.128. The van der Waals surface area contributed by atoms with E-state index in [0.717, 1.165) is 79.8 Å². The summed E-state index contributed by atoms with van der Waals surface area (Å²) >= 11 is 6.72. The number of hydrogen-bond donors (Lipinski definition) is 0. The first-order chi connectivity index (χ1) is 20.6. The second kappa shape index (κ2) is 9.92. The third-order valence-electron chi connectivity index (χ3n) is 10.7. The van der Waals surface area contributed by atoms with E-state index in [4.69, 9.17) is 21.3 Å². The summed E-state index contributed by atoms with van der Waals surface area (Å²) in [6, 6.07) is 8.97. The van der Waals surface area contributed by atoms with Crippen LogP contribution in [0.15, 0.2) is 30.6 Å². The SMILES string of the molecule is CC(C)n1cnc2cc(-c3ccc4c(c3)N(C3CC(N5CCC(F)(F)C5)C3)C(=O)C43CCN(C4COC4)CC3)nc(Cl)c21. The summed E-state index contributed by atoms with van der Waals surface area (Å²) in [6.45, 7) is 7.66. The number of nitrogens with zero attached hydrogens (tertiary/aromatic N) is 6. The van der Waals surface area contributed by atoms with Crippen molar-refractivity contribution in [2.45, 2.75) is 81.5 Å². The van der Waals surface area contributed by atoms with Gasteiger partial charge in [-0.25, -0.2) is 18.7 Å². The number of piperidine rings is 1. The molecule has 1 aromatic carbocycles. The fourth-order valence-electron chi connectivity index (χ4n) is 8.00. The standard InChI is InChI=1S/C32H37ClF2N6O2/c1-19(2)40-18-36-26-14-25(37-29(33)28(26)40)20-3-4-24-27(11-20)41(22-12-21(13-22)39-10-7-32(34,35)17-39)30(42)31(24)5-8-38(9-6-31)23-15-43-16-23/h3-4,11,14,18-19,21-23H,5-10,12-13,15-17H2,1-2H3. The number of pyridine rings is 1. The van der Waals surface area contributed by atoms with Gasteiger partial charge in [0.25, 0.3) is 5.92 Å². The molecule has 4 aliphatic heterocycles. The number of rotatable bonds is 5. The molecular weight excluding hydrogens is 574 g/mol. The summed E-state index contributed by atoms with van der Waals surface area (Å²) in [6.07, 6.45) is 4.69. The molecule has 0 N–H and O–H groups in total. The summed E-state index contributed by atoms with van der Waals surface area (Å²) in [4.78, 5) is 30.3. The molecule has 6 heterocycles. The molecule has 0 bridgehead atoms. The number of carbonyl (C=O) groups excluding carboxylic acids is 1. The molecule has 3 aromatic rings. The maximum Gasteiger partial charge on any atom is 0.261 e. The Kier molecular flexibility index (Phi) is 6.43. The number of fused-ring (bicyclic) bond motifs is 3. The van der Waals surface area contributed by atoms with Crippen LogP contribution in [-0.2, 0) is 14.9 Å². The van der Waals surface area contributed by atoms with E-state index in [2.05, 4.69) is 41.9 Å². The highest BCUT2D eigenvalue weighted by Gasteiger charge is 2.56. The van der Waals surface area contributed by atoms with Crippen LogP contribution in [0.2, 0.25) is 5.15 Å². The quantitative estimate of drug-likeness (QED) is 0.366. The fraction of sp³-hybridized carbons (Fsp3) is 0.594. The Hall–Kier alpha value is -2.66. The molecule has 0 unspecified atom stereocenters. The van der Waals surface area contributed by atoms with Crippen molar-refractivity contribution in [3.8, 4) is 11.3 Å². The molecule has 4 fully saturated rings. The summed E-state index contributed by atoms with van der Waals surface area (Å²) in [7, 11) is 0. The monoisotopic (exact) mass is 610 g/mol. The maximum absolute atomic E-state index is 14.5. The molecule has 1 spiro atoms. The molecule has 228 valence electrons. The molecule has 43 heavy (non-hydrogen) atoms.